The summed E-state index contributed by atoms with van der Waals surface area (Å²) in [4.78, 5) is 0. The summed E-state index contributed by atoms with van der Waals surface area (Å²) in [5.41, 5.74) is 6.65. The highest BCUT2D eigenvalue weighted by atomic mass is 19.1. The highest BCUT2D eigenvalue weighted by Crippen LogP contribution is 2.26. The minimum absolute atomic E-state index is 0.105. The van der Waals surface area contributed by atoms with Crippen molar-refractivity contribution in [3.05, 3.63) is 30.1 Å². The molecule has 0 atom stereocenters. The lowest BCUT2D eigenvalue weighted by atomic mass is 10.1. The van der Waals surface area contributed by atoms with Gasteiger partial charge in [0.15, 0.2) is 5.82 Å². The smallest absolute Gasteiger partial charge is 0.150 e. The molecule has 0 aliphatic rings. The lowest BCUT2D eigenvalue weighted by molar-refractivity contribution is 0.521. The molecule has 84 valence electrons. The van der Waals surface area contributed by atoms with Gasteiger partial charge in [0, 0.05) is 5.56 Å². The Hall–Kier alpha value is -1.91. The zero-order valence-corrected chi connectivity index (χ0v) is 9.18. The van der Waals surface area contributed by atoms with Gasteiger partial charge >= 0.3 is 0 Å². The van der Waals surface area contributed by atoms with Crippen LogP contribution in [0.2, 0.25) is 0 Å². The van der Waals surface area contributed by atoms with Gasteiger partial charge in [0.1, 0.15) is 11.5 Å². The summed E-state index contributed by atoms with van der Waals surface area (Å²) in [5, 5.41) is 7.82. The Labute approximate surface area is 92.9 Å². The van der Waals surface area contributed by atoms with Gasteiger partial charge in [-0.2, -0.15) is 0 Å². The normalized spacial score (nSPS) is 11.0. The van der Waals surface area contributed by atoms with Crippen molar-refractivity contribution in [2.75, 3.05) is 5.73 Å². The van der Waals surface area contributed by atoms with E-state index in [0.717, 1.165) is 0 Å². The highest BCUT2D eigenvalue weighted by Gasteiger charge is 2.15. The predicted molar refractivity (Wildman–Crippen MR) is 60.2 cm³/mol. The molecule has 0 saturated heterocycles. The summed E-state index contributed by atoms with van der Waals surface area (Å²) in [6.07, 6.45) is 0. The first kappa shape index (κ1) is 10.6. The maximum atomic E-state index is 13.5. The van der Waals surface area contributed by atoms with E-state index < -0.39 is 0 Å². The molecular formula is C11H13FN4. The molecule has 0 aliphatic heterocycles. The van der Waals surface area contributed by atoms with E-state index in [1.54, 1.807) is 22.9 Å². The van der Waals surface area contributed by atoms with Crippen molar-refractivity contribution >= 4 is 5.82 Å². The van der Waals surface area contributed by atoms with Crippen LogP contribution < -0.4 is 5.73 Å². The molecule has 4 nitrogen and oxygen atoms in total. The number of nitrogen functional groups attached to an aromatic ring is 1. The second-order valence-corrected chi connectivity index (χ2v) is 3.84. The fourth-order valence-corrected chi connectivity index (χ4v) is 1.53. The maximum absolute atomic E-state index is 13.5. The first-order valence-electron chi connectivity index (χ1n) is 5.07. The van der Waals surface area contributed by atoms with Crippen LogP contribution in [0.3, 0.4) is 0 Å². The van der Waals surface area contributed by atoms with Gasteiger partial charge < -0.3 is 5.73 Å². The molecule has 0 spiro atoms. The molecule has 0 unspecified atom stereocenters. The number of benzene rings is 1. The van der Waals surface area contributed by atoms with Gasteiger partial charge in [0.2, 0.25) is 0 Å². The molecule has 0 radical (unpaired) electrons. The topological polar surface area (TPSA) is 56.7 Å². The third-order valence-electron chi connectivity index (χ3n) is 2.35. The minimum Gasteiger partial charge on any atom is -0.382 e. The van der Waals surface area contributed by atoms with E-state index in [2.05, 4.69) is 10.3 Å². The van der Waals surface area contributed by atoms with Gasteiger partial charge in [-0.15, -0.1) is 5.10 Å². The average molecular weight is 220 g/mol. The summed E-state index contributed by atoms with van der Waals surface area (Å²) in [7, 11) is 0. The second kappa shape index (κ2) is 3.92. The Kier molecular flexibility index (Phi) is 2.60. The van der Waals surface area contributed by atoms with Gasteiger partial charge in [0.25, 0.3) is 0 Å². The van der Waals surface area contributed by atoms with E-state index in [4.69, 9.17) is 5.73 Å². The number of nitrogens with zero attached hydrogens (tertiary/aromatic N) is 3. The zero-order chi connectivity index (χ0) is 11.7. The molecule has 1 heterocycles. The van der Waals surface area contributed by atoms with Crippen molar-refractivity contribution in [1.29, 1.82) is 0 Å². The zero-order valence-electron chi connectivity index (χ0n) is 9.18. The molecular weight excluding hydrogens is 207 g/mol. The van der Waals surface area contributed by atoms with Gasteiger partial charge in [-0.05, 0) is 26.0 Å². The van der Waals surface area contributed by atoms with E-state index in [0.29, 0.717) is 17.1 Å². The molecule has 16 heavy (non-hydrogen) atoms. The van der Waals surface area contributed by atoms with Crippen molar-refractivity contribution < 1.29 is 4.39 Å². The summed E-state index contributed by atoms with van der Waals surface area (Å²) in [5.74, 6) is 0.0464. The quantitative estimate of drug-likeness (QED) is 0.844. The molecule has 0 bridgehead atoms. The molecule has 0 aliphatic carbocycles. The monoisotopic (exact) mass is 220 g/mol. The largest absolute Gasteiger partial charge is 0.382 e. The van der Waals surface area contributed by atoms with Crippen LogP contribution >= 0.6 is 0 Å². The molecule has 1 aromatic heterocycles. The SMILES string of the molecule is CC(C)n1nnc(-c2ccccc2F)c1N. The lowest BCUT2D eigenvalue weighted by Gasteiger charge is -2.06. The van der Waals surface area contributed by atoms with Crippen LogP contribution in [-0.4, -0.2) is 15.0 Å². The van der Waals surface area contributed by atoms with Crippen LogP contribution in [0.15, 0.2) is 24.3 Å². The number of rotatable bonds is 2. The van der Waals surface area contributed by atoms with E-state index in [1.807, 2.05) is 13.8 Å². The Morgan fingerprint density at radius 1 is 1.31 bits per heavy atom. The third-order valence-corrected chi connectivity index (χ3v) is 2.35. The summed E-state index contributed by atoms with van der Waals surface area (Å²) in [6, 6.07) is 6.49. The molecule has 2 rings (SSSR count). The Bertz CT molecular complexity index is 504. The Balaban J connectivity index is 2.54. The Morgan fingerprint density at radius 3 is 2.56 bits per heavy atom. The number of anilines is 1. The van der Waals surface area contributed by atoms with E-state index in [9.17, 15) is 4.39 Å². The molecule has 1 aromatic carbocycles. The van der Waals surface area contributed by atoms with Crippen molar-refractivity contribution in [2.45, 2.75) is 19.9 Å². The number of hydrogen-bond acceptors (Lipinski definition) is 3. The van der Waals surface area contributed by atoms with E-state index in [1.165, 1.54) is 6.07 Å². The van der Waals surface area contributed by atoms with Crippen molar-refractivity contribution in [3.8, 4) is 11.3 Å². The average Bonchev–Trinajstić information content (AvgIpc) is 2.61. The van der Waals surface area contributed by atoms with E-state index >= 15 is 0 Å². The van der Waals surface area contributed by atoms with Crippen molar-refractivity contribution in [1.82, 2.24) is 15.0 Å². The molecule has 0 amide bonds. The number of aromatic nitrogens is 3. The second-order valence-electron chi connectivity index (χ2n) is 3.84. The molecule has 0 saturated carbocycles. The first-order chi connectivity index (χ1) is 7.61. The molecule has 2 N–H and O–H groups in total. The van der Waals surface area contributed by atoms with E-state index in [-0.39, 0.29) is 11.9 Å². The Morgan fingerprint density at radius 2 is 2.00 bits per heavy atom. The number of nitrogens with two attached hydrogens (primary N) is 1. The van der Waals surface area contributed by atoms with Gasteiger partial charge in [-0.25, -0.2) is 9.07 Å². The molecule has 2 aromatic rings. The molecule has 0 fully saturated rings. The van der Waals surface area contributed by atoms with Gasteiger partial charge in [-0.3, -0.25) is 0 Å². The standard InChI is InChI=1S/C11H13FN4/c1-7(2)16-11(13)10(14-15-16)8-5-3-4-6-9(8)12/h3-7H,13H2,1-2H3. The van der Waals surface area contributed by atoms with Crippen molar-refractivity contribution in [2.24, 2.45) is 0 Å². The van der Waals surface area contributed by atoms with Crippen LogP contribution in [0.4, 0.5) is 10.2 Å². The van der Waals surface area contributed by atoms with Crippen LogP contribution in [0.5, 0.6) is 0 Å². The number of halogens is 1. The summed E-state index contributed by atoms with van der Waals surface area (Å²) in [6.45, 7) is 3.88. The predicted octanol–water partition coefficient (Wildman–Crippen LogP) is 2.25. The fraction of sp³-hybridized carbons (Fsp3) is 0.273. The van der Waals surface area contributed by atoms with Crippen LogP contribution in [0.1, 0.15) is 19.9 Å². The summed E-state index contributed by atoms with van der Waals surface area (Å²) >= 11 is 0. The van der Waals surface area contributed by atoms with Gasteiger partial charge in [0.05, 0.1) is 6.04 Å². The number of hydrogen-bond donors (Lipinski definition) is 1. The minimum atomic E-state index is -0.343. The van der Waals surface area contributed by atoms with Crippen molar-refractivity contribution in [3.63, 3.8) is 0 Å². The lowest BCUT2D eigenvalue weighted by Crippen LogP contribution is -2.07. The van der Waals surface area contributed by atoms with Gasteiger partial charge in [-0.1, -0.05) is 17.3 Å². The fourth-order valence-electron chi connectivity index (χ4n) is 1.53. The highest BCUT2D eigenvalue weighted by molar-refractivity contribution is 5.70. The van der Waals surface area contributed by atoms with Crippen LogP contribution in [0.25, 0.3) is 11.3 Å². The third kappa shape index (κ3) is 1.64. The summed E-state index contributed by atoms with van der Waals surface area (Å²) < 4.78 is 15.1. The molecule has 5 heteroatoms. The van der Waals surface area contributed by atoms with Crippen LogP contribution in [-0.2, 0) is 0 Å². The maximum Gasteiger partial charge on any atom is 0.150 e. The first-order valence-corrected chi connectivity index (χ1v) is 5.07. The van der Waals surface area contributed by atoms with Crippen LogP contribution in [0, 0.1) is 5.82 Å².